The molecular formula is C7H6FNO. The Balaban J connectivity index is 3.41. The standard InChI is InChI=1S/C7H6FNO/c1-2-5-3-4-9-7(10)6(5)8/h2-4H,1H2,(H,9,10). The lowest BCUT2D eigenvalue weighted by Gasteiger charge is -1.91. The van der Waals surface area contributed by atoms with Gasteiger partial charge in [0.1, 0.15) is 0 Å². The van der Waals surface area contributed by atoms with Gasteiger partial charge in [0, 0.05) is 11.8 Å². The number of hydrogen-bond acceptors (Lipinski definition) is 1. The Labute approximate surface area is 57.0 Å². The average Bonchev–Trinajstić information content (AvgIpc) is 1.95. The molecule has 10 heavy (non-hydrogen) atoms. The summed E-state index contributed by atoms with van der Waals surface area (Å²) in [5, 5.41) is 0. The van der Waals surface area contributed by atoms with Crippen LogP contribution in [0.1, 0.15) is 5.56 Å². The van der Waals surface area contributed by atoms with Gasteiger partial charge in [-0.05, 0) is 6.07 Å². The van der Waals surface area contributed by atoms with Gasteiger partial charge in [0.25, 0.3) is 5.56 Å². The first-order valence-corrected chi connectivity index (χ1v) is 2.75. The van der Waals surface area contributed by atoms with Crippen molar-refractivity contribution in [1.29, 1.82) is 0 Å². The van der Waals surface area contributed by atoms with E-state index in [9.17, 15) is 9.18 Å². The van der Waals surface area contributed by atoms with E-state index in [0.29, 0.717) is 0 Å². The molecule has 0 spiro atoms. The van der Waals surface area contributed by atoms with Crippen molar-refractivity contribution in [2.24, 2.45) is 0 Å². The molecule has 0 aliphatic heterocycles. The van der Waals surface area contributed by atoms with Crippen LogP contribution in [-0.4, -0.2) is 4.98 Å². The van der Waals surface area contributed by atoms with Gasteiger partial charge in [0.15, 0.2) is 5.82 Å². The number of halogens is 1. The summed E-state index contributed by atoms with van der Waals surface area (Å²) in [4.78, 5) is 12.7. The summed E-state index contributed by atoms with van der Waals surface area (Å²) >= 11 is 0. The van der Waals surface area contributed by atoms with Crippen LogP contribution in [0, 0.1) is 5.82 Å². The van der Waals surface area contributed by atoms with Crippen LogP contribution in [0.25, 0.3) is 6.08 Å². The van der Waals surface area contributed by atoms with E-state index < -0.39 is 11.4 Å². The van der Waals surface area contributed by atoms with Gasteiger partial charge in [0.05, 0.1) is 0 Å². The Morgan fingerprint density at radius 2 is 2.40 bits per heavy atom. The molecule has 0 radical (unpaired) electrons. The zero-order chi connectivity index (χ0) is 7.56. The Kier molecular flexibility index (Phi) is 1.67. The highest BCUT2D eigenvalue weighted by Crippen LogP contribution is 2.00. The topological polar surface area (TPSA) is 32.9 Å². The smallest absolute Gasteiger partial charge is 0.284 e. The molecule has 0 unspecified atom stereocenters. The summed E-state index contributed by atoms with van der Waals surface area (Å²) in [6.07, 6.45) is 2.67. The van der Waals surface area contributed by atoms with Crippen molar-refractivity contribution < 1.29 is 4.39 Å². The fourth-order valence-electron chi connectivity index (χ4n) is 0.632. The number of aromatic amines is 1. The Hall–Kier alpha value is -1.38. The van der Waals surface area contributed by atoms with E-state index >= 15 is 0 Å². The van der Waals surface area contributed by atoms with Gasteiger partial charge < -0.3 is 4.98 Å². The first kappa shape index (κ1) is 6.74. The normalized spacial score (nSPS) is 9.30. The van der Waals surface area contributed by atoms with Crippen LogP contribution in [-0.2, 0) is 0 Å². The third-order valence-electron chi connectivity index (χ3n) is 1.15. The fourth-order valence-corrected chi connectivity index (χ4v) is 0.632. The second-order valence-corrected chi connectivity index (χ2v) is 1.78. The molecule has 0 atom stereocenters. The minimum absolute atomic E-state index is 0.226. The number of H-pyrrole nitrogens is 1. The Morgan fingerprint density at radius 1 is 1.70 bits per heavy atom. The molecule has 52 valence electrons. The van der Waals surface area contributed by atoms with Crippen LogP contribution in [0.5, 0.6) is 0 Å². The predicted molar refractivity (Wildman–Crippen MR) is 37.1 cm³/mol. The minimum Gasteiger partial charge on any atom is -0.327 e. The minimum atomic E-state index is -0.780. The molecule has 1 heterocycles. The van der Waals surface area contributed by atoms with E-state index in [1.807, 2.05) is 0 Å². The van der Waals surface area contributed by atoms with Gasteiger partial charge in [0.2, 0.25) is 0 Å². The summed E-state index contributed by atoms with van der Waals surface area (Å²) < 4.78 is 12.6. The highest BCUT2D eigenvalue weighted by atomic mass is 19.1. The summed E-state index contributed by atoms with van der Waals surface area (Å²) in [6.45, 7) is 3.34. The van der Waals surface area contributed by atoms with Crippen LogP contribution in [0.15, 0.2) is 23.6 Å². The van der Waals surface area contributed by atoms with E-state index in [-0.39, 0.29) is 5.56 Å². The highest BCUT2D eigenvalue weighted by Gasteiger charge is 1.99. The summed E-state index contributed by atoms with van der Waals surface area (Å²) in [5.74, 6) is -0.780. The first-order chi connectivity index (χ1) is 4.75. The maximum absolute atomic E-state index is 12.6. The molecule has 1 N–H and O–H groups in total. The molecule has 0 aromatic carbocycles. The molecule has 2 nitrogen and oxygen atoms in total. The molecule has 0 fully saturated rings. The predicted octanol–water partition coefficient (Wildman–Crippen LogP) is 1.16. The van der Waals surface area contributed by atoms with Gasteiger partial charge in [-0.1, -0.05) is 12.7 Å². The van der Waals surface area contributed by atoms with Crippen molar-refractivity contribution in [3.63, 3.8) is 0 Å². The Bertz CT molecular complexity index is 303. The number of rotatable bonds is 1. The van der Waals surface area contributed by atoms with Crippen molar-refractivity contribution in [3.05, 3.63) is 40.6 Å². The molecule has 0 bridgehead atoms. The fraction of sp³-hybridized carbons (Fsp3) is 0. The molecule has 1 rings (SSSR count). The summed E-state index contributed by atoms with van der Waals surface area (Å²) in [7, 11) is 0. The quantitative estimate of drug-likeness (QED) is 0.622. The number of nitrogens with one attached hydrogen (secondary N) is 1. The molecule has 1 aromatic heterocycles. The molecule has 0 aliphatic carbocycles. The third-order valence-corrected chi connectivity index (χ3v) is 1.15. The zero-order valence-corrected chi connectivity index (χ0v) is 5.23. The van der Waals surface area contributed by atoms with Crippen LogP contribution in [0.2, 0.25) is 0 Å². The summed E-state index contributed by atoms with van der Waals surface area (Å²) in [6, 6.07) is 1.45. The molecule has 0 amide bonds. The lowest BCUT2D eigenvalue weighted by molar-refractivity contribution is 0.606. The maximum Gasteiger partial charge on any atom is 0.284 e. The monoisotopic (exact) mass is 139 g/mol. The largest absolute Gasteiger partial charge is 0.327 e. The van der Waals surface area contributed by atoms with Crippen LogP contribution < -0.4 is 5.56 Å². The first-order valence-electron chi connectivity index (χ1n) is 2.75. The van der Waals surface area contributed by atoms with Gasteiger partial charge in [-0.25, -0.2) is 4.39 Å². The van der Waals surface area contributed by atoms with E-state index in [0.717, 1.165) is 0 Å². The average molecular weight is 139 g/mol. The second kappa shape index (κ2) is 2.47. The van der Waals surface area contributed by atoms with Gasteiger partial charge >= 0.3 is 0 Å². The molecular weight excluding hydrogens is 133 g/mol. The van der Waals surface area contributed by atoms with Gasteiger partial charge in [-0.15, -0.1) is 0 Å². The van der Waals surface area contributed by atoms with E-state index in [1.165, 1.54) is 18.3 Å². The second-order valence-electron chi connectivity index (χ2n) is 1.78. The number of aromatic nitrogens is 1. The molecule has 3 heteroatoms. The van der Waals surface area contributed by atoms with E-state index in [4.69, 9.17) is 0 Å². The zero-order valence-electron chi connectivity index (χ0n) is 5.23. The van der Waals surface area contributed by atoms with E-state index in [1.54, 1.807) is 0 Å². The SMILES string of the molecule is C=Cc1cc[nH]c(=O)c1F. The lowest BCUT2D eigenvalue weighted by atomic mass is 10.2. The Morgan fingerprint density at radius 3 is 2.90 bits per heavy atom. The van der Waals surface area contributed by atoms with E-state index in [2.05, 4.69) is 11.6 Å². The highest BCUT2D eigenvalue weighted by molar-refractivity contribution is 5.45. The summed E-state index contributed by atoms with van der Waals surface area (Å²) in [5.41, 5.74) is -0.485. The van der Waals surface area contributed by atoms with Crippen molar-refractivity contribution in [2.75, 3.05) is 0 Å². The third kappa shape index (κ3) is 0.978. The van der Waals surface area contributed by atoms with Crippen molar-refractivity contribution >= 4 is 6.08 Å². The molecule has 0 saturated heterocycles. The number of pyridine rings is 1. The van der Waals surface area contributed by atoms with Crippen LogP contribution in [0.4, 0.5) is 4.39 Å². The van der Waals surface area contributed by atoms with Crippen molar-refractivity contribution in [1.82, 2.24) is 4.98 Å². The van der Waals surface area contributed by atoms with Gasteiger partial charge in [-0.3, -0.25) is 4.79 Å². The van der Waals surface area contributed by atoms with Crippen LogP contribution >= 0.6 is 0 Å². The van der Waals surface area contributed by atoms with Crippen LogP contribution in [0.3, 0.4) is 0 Å². The number of hydrogen-bond donors (Lipinski definition) is 1. The molecule has 1 aromatic rings. The molecule has 0 aliphatic rings. The molecule has 0 saturated carbocycles. The van der Waals surface area contributed by atoms with Gasteiger partial charge in [-0.2, -0.15) is 0 Å². The maximum atomic E-state index is 12.6. The van der Waals surface area contributed by atoms with Crippen molar-refractivity contribution in [3.8, 4) is 0 Å². The van der Waals surface area contributed by atoms with Crippen molar-refractivity contribution in [2.45, 2.75) is 0 Å². The lowest BCUT2D eigenvalue weighted by Crippen LogP contribution is -2.10.